The third-order valence-corrected chi connectivity index (χ3v) is 3.23. The molecule has 0 fully saturated rings. The zero-order valence-corrected chi connectivity index (χ0v) is 10.2. The topological polar surface area (TPSA) is 43.6 Å². The number of imidazole rings is 1. The first-order chi connectivity index (χ1) is 9.19. The number of carbonyl (C=O) groups excluding carboxylic acids is 1. The number of benzene rings is 1. The first kappa shape index (κ1) is 11.8. The summed E-state index contributed by atoms with van der Waals surface area (Å²) >= 11 is 1.30. The van der Waals surface area contributed by atoms with Gasteiger partial charge in [0.1, 0.15) is 5.82 Å². The van der Waals surface area contributed by atoms with E-state index in [1.54, 1.807) is 11.6 Å². The Morgan fingerprint density at radius 1 is 1.37 bits per heavy atom. The van der Waals surface area contributed by atoms with E-state index >= 15 is 0 Å². The summed E-state index contributed by atoms with van der Waals surface area (Å²) < 4.78 is 33.2. The van der Waals surface area contributed by atoms with E-state index in [1.165, 1.54) is 15.7 Å². The molecule has 4 nitrogen and oxygen atoms in total. The van der Waals surface area contributed by atoms with E-state index in [0.717, 1.165) is 18.2 Å². The van der Waals surface area contributed by atoms with Crippen LogP contribution in [0.1, 0.15) is 10.5 Å². The Morgan fingerprint density at radius 3 is 3.00 bits per heavy atom. The third kappa shape index (κ3) is 1.97. The molecule has 0 saturated carbocycles. The van der Waals surface area contributed by atoms with Gasteiger partial charge >= 0.3 is 0 Å². The minimum Gasteiger partial charge on any atom is -0.434 e. The molecule has 0 N–H and O–H groups in total. The average molecular weight is 280 g/mol. The van der Waals surface area contributed by atoms with Crippen LogP contribution in [0.5, 0.6) is 11.6 Å². The third-order valence-electron chi connectivity index (χ3n) is 2.48. The molecular formula is C12H6F2N2O2S. The van der Waals surface area contributed by atoms with Crippen molar-refractivity contribution in [3.05, 3.63) is 47.1 Å². The number of nitrogens with zero attached hydrogens (tertiary/aromatic N) is 2. The summed E-state index contributed by atoms with van der Waals surface area (Å²) in [6.45, 7) is 0. The van der Waals surface area contributed by atoms with Crippen LogP contribution in [-0.2, 0) is 0 Å². The van der Waals surface area contributed by atoms with Crippen molar-refractivity contribution in [3.8, 4) is 11.6 Å². The van der Waals surface area contributed by atoms with Crippen molar-refractivity contribution in [2.75, 3.05) is 0 Å². The maximum absolute atomic E-state index is 13.5. The Hall–Kier alpha value is -2.28. The van der Waals surface area contributed by atoms with Crippen LogP contribution in [0.25, 0.3) is 4.96 Å². The molecule has 96 valence electrons. The quantitative estimate of drug-likeness (QED) is 0.691. The number of aromatic nitrogens is 2. The van der Waals surface area contributed by atoms with Gasteiger partial charge in [0, 0.05) is 17.6 Å². The number of hydrogen-bond acceptors (Lipinski definition) is 4. The zero-order valence-electron chi connectivity index (χ0n) is 9.34. The highest BCUT2D eigenvalue weighted by Crippen LogP contribution is 2.28. The summed E-state index contributed by atoms with van der Waals surface area (Å²) in [6, 6.07) is 2.83. The molecule has 0 spiro atoms. The van der Waals surface area contributed by atoms with Gasteiger partial charge in [0.2, 0.25) is 5.88 Å². The average Bonchev–Trinajstić information content (AvgIpc) is 2.94. The van der Waals surface area contributed by atoms with Crippen LogP contribution in [0, 0.1) is 11.6 Å². The number of rotatable bonds is 3. The monoisotopic (exact) mass is 280 g/mol. The van der Waals surface area contributed by atoms with Gasteiger partial charge in [-0.2, -0.15) is 4.98 Å². The number of hydrogen-bond donors (Lipinski definition) is 0. The van der Waals surface area contributed by atoms with Crippen molar-refractivity contribution in [2.45, 2.75) is 0 Å². The van der Waals surface area contributed by atoms with Crippen molar-refractivity contribution in [1.29, 1.82) is 0 Å². The number of aldehydes is 1. The van der Waals surface area contributed by atoms with Gasteiger partial charge in [-0.15, -0.1) is 11.3 Å². The second-order valence-electron chi connectivity index (χ2n) is 3.65. The predicted octanol–water partition coefficient (Wildman–Crippen LogP) is 3.28. The highest BCUT2D eigenvalue weighted by atomic mass is 32.1. The minimum absolute atomic E-state index is 0.0497. The summed E-state index contributed by atoms with van der Waals surface area (Å²) in [5, 5.41) is 1.75. The van der Waals surface area contributed by atoms with E-state index in [1.807, 2.05) is 0 Å². The molecule has 3 rings (SSSR count). The molecule has 2 heterocycles. The fraction of sp³-hybridized carbons (Fsp3) is 0. The number of carbonyl (C=O) groups is 1. The first-order valence-electron chi connectivity index (χ1n) is 5.22. The lowest BCUT2D eigenvalue weighted by Crippen LogP contribution is -1.94. The van der Waals surface area contributed by atoms with Crippen molar-refractivity contribution < 1.29 is 18.3 Å². The van der Waals surface area contributed by atoms with Gasteiger partial charge in [0.05, 0.1) is 0 Å². The summed E-state index contributed by atoms with van der Waals surface area (Å²) in [6.07, 6.45) is 2.20. The maximum atomic E-state index is 13.5. The van der Waals surface area contributed by atoms with Gasteiger partial charge in [-0.05, 0) is 12.1 Å². The van der Waals surface area contributed by atoms with Crippen molar-refractivity contribution in [2.24, 2.45) is 0 Å². The SMILES string of the molecule is O=Cc1c(Oc2cc(F)ccc2F)nc2sccn12. The molecule has 0 amide bonds. The lowest BCUT2D eigenvalue weighted by Gasteiger charge is -2.04. The van der Waals surface area contributed by atoms with Crippen LogP contribution in [0.4, 0.5) is 8.78 Å². The Kier molecular flexibility index (Phi) is 2.75. The first-order valence-corrected chi connectivity index (χ1v) is 6.10. The lowest BCUT2D eigenvalue weighted by atomic mass is 10.3. The van der Waals surface area contributed by atoms with E-state index in [0.29, 0.717) is 11.2 Å². The molecule has 19 heavy (non-hydrogen) atoms. The summed E-state index contributed by atoms with van der Waals surface area (Å²) in [5.41, 5.74) is 0.153. The Balaban J connectivity index is 2.07. The molecular weight excluding hydrogens is 274 g/mol. The molecule has 0 aliphatic rings. The van der Waals surface area contributed by atoms with Gasteiger partial charge in [-0.3, -0.25) is 9.20 Å². The minimum atomic E-state index is -0.727. The second kappa shape index (κ2) is 4.43. The summed E-state index contributed by atoms with van der Waals surface area (Å²) in [5.74, 6) is -1.72. The van der Waals surface area contributed by atoms with Crippen LogP contribution in [-0.4, -0.2) is 15.7 Å². The predicted molar refractivity (Wildman–Crippen MR) is 64.9 cm³/mol. The fourth-order valence-electron chi connectivity index (χ4n) is 1.63. The number of fused-ring (bicyclic) bond motifs is 1. The molecule has 0 aliphatic heterocycles. The molecule has 0 saturated heterocycles. The second-order valence-corrected chi connectivity index (χ2v) is 4.53. The smallest absolute Gasteiger partial charge is 0.250 e. The van der Waals surface area contributed by atoms with Crippen LogP contribution < -0.4 is 4.74 Å². The zero-order chi connectivity index (χ0) is 13.4. The van der Waals surface area contributed by atoms with Crippen LogP contribution >= 0.6 is 11.3 Å². The highest BCUT2D eigenvalue weighted by Gasteiger charge is 2.16. The Bertz CT molecular complexity index is 766. The number of ether oxygens (including phenoxy) is 1. The number of thiazole rings is 1. The van der Waals surface area contributed by atoms with Crippen molar-refractivity contribution >= 4 is 22.6 Å². The van der Waals surface area contributed by atoms with E-state index in [-0.39, 0.29) is 17.3 Å². The van der Waals surface area contributed by atoms with Crippen LogP contribution in [0.3, 0.4) is 0 Å². The molecule has 0 unspecified atom stereocenters. The molecule has 0 atom stereocenters. The molecule has 3 aromatic rings. The van der Waals surface area contributed by atoms with Gasteiger partial charge in [0.15, 0.2) is 28.5 Å². The molecule has 2 aromatic heterocycles. The highest BCUT2D eigenvalue weighted by molar-refractivity contribution is 7.15. The molecule has 0 aliphatic carbocycles. The molecule has 0 radical (unpaired) electrons. The van der Waals surface area contributed by atoms with Crippen LogP contribution in [0.15, 0.2) is 29.8 Å². The molecule has 1 aromatic carbocycles. The Labute approximate surface area is 109 Å². The van der Waals surface area contributed by atoms with Crippen molar-refractivity contribution in [1.82, 2.24) is 9.38 Å². The number of halogens is 2. The largest absolute Gasteiger partial charge is 0.434 e. The maximum Gasteiger partial charge on any atom is 0.250 e. The fourth-order valence-corrected chi connectivity index (χ4v) is 2.34. The Morgan fingerprint density at radius 2 is 2.21 bits per heavy atom. The molecule has 7 heteroatoms. The van der Waals surface area contributed by atoms with Crippen molar-refractivity contribution in [3.63, 3.8) is 0 Å². The standard InChI is InChI=1S/C12H6F2N2O2S/c13-7-1-2-8(14)10(5-7)18-11-9(6-17)16-3-4-19-12(16)15-11/h1-6H. The lowest BCUT2D eigenvalue weighted by molar-refractivity contribution is 0.111. The van der Waals surface area contributed by atoms with Gasteiger partial charge in [-0.1, -0.05) is 0 Å². The van der Waals surface area contributed by atoms with E-state index in [9.17, 15) is 13.6 Å². The van der Waals surface area contributed by atoms with Crippen LogP contribution in [0.2, 0.25) is 0 Å². The van der Waals surface area contributed by atoms with E-state index < -0.39 is 11.6 Å². The normalized spacial score (nSPS) is 10.8. The van der Waals surface area contributed by atoms with Gasteiger partial charge in [0.25, 0.3) is 0 Å². The van der Waals surface area contributed by atoms with Gasteiger partial charge < -0.3 is 4.74 Å². The summed E-state index contributed by atoms with van der Waals surface area (Å²) in [4.78, 5) is 15.6. The summed E-state index contributed by atoms with van der Waals surface area (Å²) in [7, 11) is 0. The van der Waals surface area contributed by atoms with E-state index in [2.05, 4.69) is 4.98 Å². The molecule has 0 bridgehead atoms. The van der Waals surface area contributed by atoms with Gasteiger partial charge in [-0.25, -0.2) is 8.78 Å². The van der Waals surface area contributed by atoms with E-state index in [4.69, 9.17) is 4.74 Å².